The molecular formula is C20H17ClN6O3. The van der Waals surface area contributed by atoms with Gasteiger partial charge >= 0.3 is 0 Å². The van der Waals surface area contributed by atoms with Gasteiger partial charge in [0, 0.05) is 28.9 Å². The van der Waals surface area contributed by atoms with Gasteiger partial charge in [-0.2, -0.15) is 9.61 Å². The van der Waals surface area contributed by atoms with E-state index in [2.05, 4.69) is 26.0 Å². The lowest BCUT2D eigenvalue weighted by molar-refractivity contribution is -0.124. The van der Waals surface area contributed by atoms with E-state index in [9.17, 15) is 14.7 Å². The highest BCUT2D eigenvalue weighted by atomic mass is 35.5. The molecule has 0 bridgehead atoms. The van der Waals surface area contributed by atoms with Gasteiger partial charge in [-0.25, -0.2) is 4.98 Å². The van der Waals surface area contributed by atoms with E-state index >= 15 is 0 Å². The van der Waals surface area contributed by atoms with Gasteiger partial charge in [-0.3, -0.25) is 14.9 Å². The first kappa shape index (κ1) is 18.4. The van der Waals surface area contributed by atoms with E-state index in [4.69, 9.17) is 11.6 Å². The van der Waals surface area contributed by atoms with Crippen LogP contribution in [0, 0.1) is 0 Å². The van der Waals surface area contributed by atoms with Crippen LogP contribution in [0.2, 0.25) is 5.02 Å². The lowest BCUT2D eigenvalue weighted by Crippen LogP contribution is -2.19. The fourth-order valence-electron chi connectivity index (χ4n) is 3.23. The van der Waals surface area contributed by atoms with Crippen LogP contribution in [-0.4, -0.2) is 37.6 Å². The number of nitrogens with zero attached hydrogens (tertiary/aromatic N) is 3. The van der Waals surface area contributed by atoms with Crippen molar-refractivity contribution >= 4 is 52.5 Å². The van der Waals surface area contributed by atoms with Crippen molar-refractivity contribution < 1.29 is 14.7 Å². The number of anilines is 3. The summed E-state index contributed by atoms with van der Waals surface area (Å²) in [7, 11) is 0. The van der Waals surface area contributed by atoms with E-state index in [-0.39, 0.29) is 23.1 Å². The number of phenols is 1. The van der Waals surface area contributed by atoms with Crippen molar-refractivity contribution in [1.82, 2.24) is 19.9 Å². The van der Waals surface area contributed by atoms with Gasteiger partial charge in [0.05, 0.1) is 17.6 Å². The van der Waals surface area contributed by atoms with Crippen molar-refractivity contribution in [2.75, 3.05) is 10.6 Å². The molecule has 1 saturated heterocycles. The predicted molar refractivity (Wildman–Crippen MR) is 112 cm³/mol. The molecule has 1 aliphatic heterocycles. The normalized spacial score (nSPS) is 17.6. The Morgan fingerprint density at radius 2 is 2.10 bits per heavy atom. The Balaban J connectivity index is 1.57. The van der Waals surface area contributed by atoms with Gasteiger partial charge in [-0.05, 0) is 37.1 Å². The van der Waals surface area contributed by atoms with E-state index in [0.29, 0.717) is 34.3 Å². The average Bonchev–Trinajstić information content (AvgIpc) is 3.34. The van der Waals surface area contributed by atoms with Gasteiger partial charge < -0.3 is 15.7 Å². The number of phenolic OH excluding ortho intramolecular Hbond substituents is 1. The number of carbonyl (C=O) groups is 2. The molecule has 0 radical (unpaired) electrons. The summed E-state index contributed by atoms with van der Waals surface area (Å²) < 4.78 is 1.67. The van der Waals surface area contributed by atoms with Gasteiger partial charge in [0.2, 0.25) is 5.91 Å². The van der Waals surface area contributed by atoms with Crippen LogP contribution in [0.15, 0.2) is 36.0 Å². The Morgan fingerprint density at radius 1 is 1.27 bits per heavy atom. The third-order valence-electron chi connectivity index (χ3n) is 4.87. The minimum absolute atomic E-state index is 0.00388. The highest BCUT2D eigenvalue weighted by Crippen LogP contribution is 2.31. The number of carbonyl (C=O) groups excluding carboxylic acids is 2. The Kier molecular flexibility index (Phi) is 4.32. The molecule has 0 atom stereocenters. The number of aromatic hydroxyl groups is 1. The molecule has 3 aromatic rings. The molecular weight excluding hydrogens is 408 g/mol. The summed E-state index contributed by atoms with van der Waals surface area (Å²) in [6.07, 6.45) is 5.46. The molecule has 3 heterocycles. The Morgan fingerprint density at radius 3 is 2.80 bits per heavy atom. The number of hydrogen-bond donors (Lipinski definition) is 4. The number of halogens is 1. The SMILES string of the molecule is O=C1CC(=Cc2cnn3c(NC4CC4)cc(Nc4ccc(O)c(Cl)c4)nc23)C(=O)N1. The number of amides is 2. The van der Waals surface area contributed by atoms with Gasteiger partial charge in [0.1, 0.15) is 17.4 Å². The minimum atomic E-state index is -0.399. The monoisotopic (exact) mass is 424 g/mol. The third-order valence-corrected chi connectivity index (χ3v) is 5.18. The highest BCUT2D eigenvalue weighted by molar-refractivity contribution is 6.32. The molecule has 4 N–H and O–H groups in total. The molecule has 1 saturated carbocycles. The van der Waals surface area contributed by atoms with E-state index < -0.39 is 5.91 Å². The van der Waals surface area contributed by atoms with E-state index in [1.165, 1.54) is 6.07 Å². The van der Waals surface area contributed by atoms with Crippen LogP contribution < -0.4 is 16.0 Å². The second-order valence-electron chi connectivity index (χ2n) is 7.30. The Hall–Kier alpha value is -3.59. The summed E-state index contributed by atoms with van der Waals surface area (Å²) in [5.41, 5.74) is 2.19. The van der Waals surface area contributed by atoms with Crippen LogP contribution in [0.1, 0.15) is 24.8 Å². The second-order valence-corrected chi connectivity index (χ2v) is 7.70. The van der Waals surface area contributed by atoms with Crippen LogP contribution in [0.4, 0.5) is 17.3 Å². The molecule has 2 amide bonds. The first-order valence-corrected chi connectivity index (χ1v) is 9.80. The molecule has 152 valence electrons. The number of rotatable bonds is 5. The largest absolute Gasteiger partial charge is 0.506 e. The van der Waals surface area contributed by atoms with Gasteiger partial charge in [-0.15, -0.1) is 0 Å². The lowest BCUT2D eigenvalue weighted by atomic mass is 10.1. The molecule has 1 aromatic carbocycles. The van der Waals surface area contributed by atoms with Crippen LogP contribution in [0.25, 0.3) is 11.7 Å². The first-order chi connectivity index (χ1) is 14.5. The third kappa shape index (κ3) is 3.55. The standard InChI is InChI=1S/C20H17ClN6O3/c21-14-7-13(3-4-15(14)28)23-16-8-17(24-12-1-2-12)27-19(25-16)11(9-22-27)5-10-6-18(29)26-20(10)30/h3-5,7-9,12,24,28H,1-2,6H2,(H,23,25)(H,26,29,30). The lowest BCUT2D eigenvalue weighted by Gasteiger charge is -2.12. The van der Waals surface area contributed by atoms with Crippen molar-refractivity contribution in [3.63, 3.8) is 0 Å². The fourth-order valence-corrected chi connectivity index (χ4v) is 3.41. The number of imide groups is 1. The molecule has 1 aliphatic carbocycles. The van der Waals surface area contributed by atoms with Crippen LogP contribution in [0.5, 0.6) is 5.75 Å². The van der Waals surface area contributed by atoms with E-state index in [0.717, 1.165) is 18.7 Å². The molecule has 0 unspecified atom stereocenters. The summed E-state index contributed by atoms with van der Waals surface area (Å²) in [6.45, 7) is 0. The van der Waals surface area contributed by atoms with Gasteiger partial charge in [0.25, 0.3) is 5.91 Å². The zero-order valence-electron chi connectivity index (χ0n) is 15.6. The maximum atomic E-state index is 11.9. The number of hydrogen-bond acceptors (Lipinski definition) is 7. The summed E-state index contributed by atoms with van der Waals surface area (Å²) in [4.78, 5) is 28.1. The molecule has 2 aromatic heterocycles. The fraction of sp³-hybridized carbons (Fsp3) is 0.200. The van der Waals surface area contributed by atoms with Crippen molar-refractivity contribution in [1.29, 1.82) is 0 Å². The topological polar surface area (TPSA) is 121 Å². The van der Waals surface area contributed by atoms with Crippen molar-refractivity contribution in [3.05, 3.63) is 46.6 Å². The summed E-state index contributed by atoms with van der Waals surface area (Å²) in [5, 5.41) is 23.1. The average molecular weight is 425 g/mol. The number of nitrogens with one attached hydrogen (secondary N) is 3. The Labute approximate surface area is 175 Å². The molecule has 2 aliphatic rings. The van der Waals surface area contributed by atoms with Crippen LogP contribution in [0.3, 0.4) is 0 Å². The summed E-state index contributed by atoms with van der Waals surface area (Å²) >= 11 is 6.00. The van der Waals surface area contributed by atoms with Gasteiger partial charge in [0.15, 0.2) is 5.65 Å². The smallest absolute Gasteiger partial charge is 0.254 e. The van der Waals surface area contributed by atoms with Crippen molar-refractivity contribution in [3.8, 4) is 5.75 Å². The molecule has 9 nitrogen and oxygen atoms in total. The predicted octanol–water partition coefficient (Wildman–Crippen LogP) is 2.84. The van der Waals surface area contributed by atoms with Crippen LogP contribution >= 0.6 is 11.6 Å². The highest BCUT2D eigenvalue weighted by Gasteiger charge is 2.25. The maximum Gasteiger partial charge on any atom is 0.254 e. The van der Waals surface area contributed by atoms with Crippen LogP contribution in [-0.2, 0) is 9.59 Å². The molecule has 2 fully saturated rings. The second kappa shape index (κ2) is 7.03. The van der Waals surface area contributed by atoms with E-state index in [1.807, 2.05) is 6.07 Å². The first-order valence-electron chi connectivity index (χ1n) is 9.42. The maximum absolute atomic E-state index is 11.9. The zero-order chi connectivity index (χ0) is 20.8. The zero-order valence-corrected chi connectivity index (χ0v) is 16.4. The van der Waals surface area contributed by atoms with Crippen molar-refractivity contribution in [2.24, 2.45) is 0 Å². The minimum Gasteiger partial charge on any atom is -0.506 e. The number of aromatic nitrogens is 3. The van der Waals surface area contributed by atoms with Gasteiger partial charge in [-0.1, -0.05) is 11.6 Å². The summed E-state index contributed by atoms with van der Waals surface area (Å²) in [5.74, 6) is 0.573. The molecule has 10 heteroatoms. The molecule has 0 spiro atoms. The number of benzene rings is 1. The summed E-state index contributed by atoms with van der Waals surface area (Å²) in [6, 6.07) is 7.01. The Bertz CT molecular complexity index is 1230. The molecule has 30 heavy (non-hydrogen) atoms. The quantitative estimate of drug-likeness (QED) is 0.282. The van der Waals surface area contributed by atoms with E-state index in [1.54, 1.807) is 28.9 Å². The number of fused-ring (bicyclic) bond motifs is 1. The molecule has 5 rings (SSSR count). The van der Waals surface area contributed by atoms with Crippen molar-refractivity contribution in [2.45, 2.75) is 25.3 Å².